The van der Waals surface area contributed by atoms with Crippen LogP contribution in [0.2, 0.25) is 0 Å². The number of aliphatic imine (C=N–C) groups is 1. The first-order valence-electron chi connectivity index (χ1n) is 8.80. The highest BCUT2D eigenvalue weighted by molar-refractivity contribution is 6.15. The Morgan fingerprint density at radius 3 is 2.96 bits per heavy atom. The molecule has 1 saturated carbocycles. The molecule has 0 aromatic heterocycles. The van der Waals surface area contributed by atoms with Crippen molar-refractivity contribution < 1.29 is 14.3 Å². The standard InChI is InChI=1S/C20H24N2O3/c1-13-7-8-17-15(11-13)12-16(20(24)22-17)19(23)21-10-9-14-5-3-4-6-18(14)25-2/h3-6,12-13,16H,7-11H2,1-2H3,(H,21,23). The molecule has 1 heterocycles. The van der Waals surface area contributed by atoms with Crippen molar-refractivity contribution in [1.82, 2.24) is 5.32 Å². The van der Waals surface area contributed by atoms with Gasteiger partial charge in [-0.15, -0.1) is 0 Å². The van der Waals surface area contributed by atoms with Crippen molar-refractivity contribution in [1.29, 1.82) is 0 Å². The van der Waals surface area contributed by atoms with E-state index in [0.29, 0.717) is 18.9 Å². The van der Waals surface area contributed by atoms with Crippen LogP contribution >= 0.6 is 0 Å². The van der Waals surface area contributed by atoms with Gasteiger partial charge in [0, 0.05) is 12.3 Å². The van der Waals surface area contributed by atoms with Gasteiger partial charge < -0.3 is 10.1 Å². The Morgan fingerprint density at radius 2 is 2.16 bits per heavy atom. The summed E-state index contributed by atoms with van der Waals surface area (Å²) in [6.07, 6.45) is 5.26. The number of ether oxygens (including phenoxy) is 1. The van der Waals surface area contributed by atoms with Gasteiger partial charge in [0.15, 0.2) is 0 Å². The first-order valence-corrected chi connectivity index (χ1v) is 8.80. The molecular formula is C20H24N2O3. The molecule has 2 atom stereocenters. The van der Waals surface area contributed by atoms with Crippen molar-refractivity contribution in [3.8, 4) is 5.75 Å². The van der Waals surface area contributed by atoms with Crippen LogP contribution in [-0.2, 0) is 16.0 Å². The lowest BCUT2D eigenvalue weighted by molar-refractivity contribution is -0.131. The van der Waals surface area contributed by atoms with E-state index >= 15 is 0 Å². The number of hydrogen-bond donors (Lipinski definition) is 1. The van der Waals surface area contributed by atoms with E-state index in [1.165, 1.54) is 0 Å². The van der Waals surface area contributed by atoms with Gasteiger partial charge in [0.25, 0.3) is 5.91 Å². The second-order valence-electron chi connectivity index (χ2n) is 6.77. The molecule has 3 rings (SSSR count). The fraction of sp³-hybridized carbons (Fsp3) is 0.450. The third kappa shape index (κ3) is 3.98. The second kappa shape index (κ2) is 7.64. The maximum atomic E-state index is 12.4. The minimum atomic E-state index is -0.790. The van der Waals surface area contributed by atoms with Crippen molar-refractivity contribution in [3.63, 3.8) is 0 Å². The summed E-state index contributed by atoms with van der Waals surface area (Å²) >= 11 is 0. The van der Waals surface area contributed by atoms with E-state index in [9.17, 15) is 9.59 Å². The number of dihydropyridines is 1. The SMILES string of the molecule is COc1ccccc1CCNC(=O)C1C=C2CC(C)CCC2=NC1=O. The predicted molar refractivity (Wildman–Crippen MR) is 96.7 cm³/mol. The van der Waals surface area contributed by atoms with Crippen LogP contribution < -0.4 is 10.1 Å². The number of carbonyl (C=O) groups is 2. The lowest BCUT2D eigenvalue weighted by atomic mass is 9.82. The maximum absolute atomic E-state index is 12.4. The zero-order valence-corrected chi connectivity index (χ0v) is 14.7. The Morgan fingerprint density at radius 1 is 1.36 bits per heavy atom. The monoisotopic (exact) mass is 340 g/mol. The summed E-state index contributed by atoms with van der Waals surface area (Å²) in [7, 11) is 1.63. The summed E-state index contributed by atoms with van der Waals surface area (Å²) < 4.78 is 5.31. The van der Waals surface area contributed by atoms with Gasteiger partial charge in [-0.05, 0) is 48.8 Å². The Hall–Kier alpha value is -2.43. The number of rotatable bonds is 5. The van der Waals surface area contributed by atoms with Crippen LogP contribution in [0, 0.1) is 11.8 Å². The van der Waals surface area contributed by atoms with E-state index in [2.05, 4.69) is 17.2 Å². The van der Waals surface area contributed by atoms with Crippen LogP contribution in [-0.4, -0.2) is 31.2 Å². The van der Waals surface area contributed by atoms with Gasteiger partial charge in [-0.1, -0.05) is 31.2 Å². The molecule has 1 N–H and O–H groups in total. The van der Waals surface area contributed by atoms with Gasteiger partial charge in [0.05, 0.1) is 7.11 Å². The summed E-state index contributed by atoms with van der Waals surface area (Å²) in [6.45, 7) is 2.65. The van der Waals surface area contributed by atoms with Crippen molar-refractivity contribution >= 4 is 17.5 Å². The summed E-state index contributed by atoms with van der Waals surface area (Å²) in [5.41, 5.74) is 2.98. The molecule has 2 unspecified atom stereocenters. The highest BCUT2D eigenvalue weighted by Gasteiger charge is 2.32. The van der Waals surface area contributed by atoms with E-state index in [0.717, 1.165) is 41.9 Å². The average molecular weight is 340 g/mol. The minimum Gasteiger partial charge on any atom is -0.496 e. The number of para-hydroxylation sites is 1. The zero-order valence-electron chi connectivity index (χ0n) is 14.7. The van der Waals surface area contributed by atoms with Crippen molar-refractivity contribution in [3.05, 3.63) is 41.5 Å². The summed E-state index contributed by atoms with van der Waals surface area (Å²) in [4.78, 5) is 28.8. The summed E-state index contributed by atoms with van der Waals surface area (Å²) in [5.74, 6) is -0.0241. The predicted octanol–water partition coefficient (Wildman–Crippen LogP) is 2.70. The van der Waals surface area contributed by atoms with Gasteiger partial charge in [-0.25, -0.2) is 4.99 Å². The van der Waals surface area contributed by atoms with Crippen LogP contribution in [0.1, 0.15) is 31.7 Å². The quantitative estimate of drug-likeness (QED) is 0.838. The van der Waals surface area contributed by atoms with Crippen LogP contribution in [0.15, 0.2) is 40.9 Å². The van der Waals surface area contributed by atoms with E-state index in [-0.39, 0.29) is 11.8 Å². The molecule has 0 radical (unpaired) electrons. The zero-order chi connectivity index (χ0) is 17.8. The fourth-order valence-corrected chi connectivity index (χ4v) is 3.43. The molecule has 2 aliphatic rings. The molecule has 5 nitrogen and oxygen atoms in total. The minimum absolute atomic E-state index is 0.270. The molecule has 0 spiro atoms. The maximum Gasteiger partial charge on any atom is 0.262 e. The Labute approximate surface area is 148 Å². The molecule has 2 amide bonds. The number of nitrogens with zero attached hydrogens (tertiary/aromatic N) is 1. The van der Waals surface area contributed by atoms with Crippen molar-refractivity contribution in [2.75, 3.05) is 13.7 Å². The Bertz CT molecular complexity index is 736. The van der Waals surface area contributed by atoms with E-state index in [4.69, 9.17) is 4.74 Å². The first kappa shape index (κ1) is 17.4. The van der Waals surface area contributed by atoms with Gasteiger partial charge in [-0.2, -0.15) is 0 Å². The molecular weight excluding hydrogens is 316 g/mol. The lowest BCUT2D eigenvalue weighted by Gasteiger charge is -2.26. The third-order valence-electron chi connectivity index (χ3n) is 4.86. The largest absolute Gasteiger partial charge is 0.496 e. The van der Waals surface area contributed by atoms with Crippen LogP contribution in [0.5, 0.6) is 5.75 Å². The molecule has 1 aromatic carbocycles. The number of allylic oxidation sites excluding steroid dienone is 1. The van der Waals surface area contributed by atoms with Crippen LogP contribution in [0.3, 0.4) is 0 Å². The topological polar surface area (TPSA) is 67.8 Å². The van der Waals surface area contributed by atoms with Gasteiger partial charge in [-0.3, -0.25) is 9.59 Å². The number of hydrogen-bond acceptors (Lipinski definition) is 3. The molecule has 1 aliphatic heterocycles. The molecule has 0 saturated heterocycles. The summed E-state index contributed by atoms with van der Waals surface area (Å²) in [6, 6.07) is 7.72. The normalized spacial score (nSPS) is 22.6. The molecule has 132 valence electrons. The van der Waals surface area contributed by atoms with Crippen LogP contribution in [0.4, 0.5) is 0 Å². The molecule has 25 heavy (non-hydrogen) atoms. The molecule has 1 aliphatic carbocycles. The highest BCUT2D eigenvalue weighted by atomic mass is 16.5. The third-order valence-corrected chi connectivity index (χ3v) is 4.86. The first-order chi connectivity index (χ1) is 12.1. The Balaban J connectivity index is 1.60. The number of nitrogens with one attached hydrogen (secondary N) is 1. The smallest absolute Gasteiger partial charge is 0.262 e. The van der Waals surface area contributed by atoms with Gasteiger partial charge in [0.2, 0.25) is 5.91 Å². The van der Waals surface area contributed by atoms with E-state index < -0.39 is 5.92 Å². The number of methoxy groups -OCH3 is 1. The molecule has 1 fully saturated rings. The molecule has 5 heteroatoms. The van der Waals surface area contributed by atoms with Crippen molar-refractivity contribution in [2.45, 2.75) is 32.6 Å². The van der Waals surface area contributed by atoms with E-state index in [1.54, 1.807) is 7.11 Å². The average Bonchev–Trinajstić information content (AvgIpc) is 2.61. The van der Waals surface area contributed by atoms with Crippen molar-refractivity contribution in [2.24, 2.45) is 16.8 Å². The lowest BCUT2D eigenvalue weighted by Crippen LogP contribution is -2.37. The Kier molecular flexibility index (Phi) is 5.31. The van der Waals surface area contributed by atoms with Gasteiger partial charge >= 0.3 is 0 Å². The second-order valence-corrected chi connectivity index (χ2v) is 6.77. The van der Waals surface area contributed by atoms with E-state index in [1.807, 2.05) is 30.3 Å². The highest BCUT2D eigenvalue weighted by Crippen LogP contribution is 2.30. The molecule has 1 aromatic rings. The fourth-order valence-electron chi connectivity index (χ4n) is 3.43. The van der Waals surface area contributed by atoms with Gasteiger partial charge in [0.1, 0.15) is 11.7 Å². The summed E-state index contributed by atoms with van der Waals surface area (Å²) in [5, 5.41) is 2.86. The van der Waals surface area contributed by atoms with Crippen LogP contribution in [0.25, 0.3) is 0 Å². The molecule has 0 bridgehead atoms. The number of benzene rings is 1. The number of amides is 2. The number of fused-ring (bicyclic) bond motifs is 1. The number of carbonyl (C=O) groups excluding carboxylic acids is 2.